The van der Waals surface area contributed by atoms with E-state index in [1.54, 1.807) is 0 Å². The average molecular weight is 394 g/mol. The predicted octanol–water partition coefficient (Wildman–Crippen LogP) is 3.24. The van der Waals surface area contributed by atoms with Gasteiger partial charge in [0, 0.05) is 18.7 Å². The molecule has 1 saturated carbocycles. The van der Waals surface area contributed by atoms with Gasteiger partial charge in [0.05, 0.1) is 18.6 Å². The normalized spacial score (nSPS) is 24.4. The van der Waals surface area contributed by atoms with Crippen molar-refractivity contribution < 1.29 is 19.2 Å². The summed E-state index contributed by atoms with van der Waals surface area (Å²) in [5.41, 5.74) is 0.279. The number of rotatable bonds is 6. The van der Waals surface area contributed by atoms with Gasteiger partial charge in [0.1, 0.15) is 5.75 Å². The maximum absolute atomic E-state index is 11.8. The van der Waals surface area contributed by atoms with E-state index in [1.807, 2.05) is 31.2 Å². The number of hydrogen-bond acceptors (Lipinski definition) is 6. The Balaban J connectivity index is 0.00000210. The summed E-state index contributed by atoms with van der Waals surface area (Å²) in [6, 6.07) is 7.57. The minimum absolute atomic E-state index is 0. The van der Waals surface area contributed by atoms with E-state index >= 15 is 0 Å². The number of carbonyl (C=O) groups is 1. The predicted molar refractivity (Wildman–Crippen MR) is 101 cm³/mol. The number of halogens is 1. The molecule has 1 aliphatic heterocycles. The SMILES string of the molecule is CCOc1ccc(-c2noc(CN3C[C@@H]4CCC[C@@]4(C(=O)O)C3)n2)cc1.Cl. The third-order valence-corrected chi connectivity index (χ3v) is 5.62. The van der Waals surface area contributed by atoms with Gasteiger partial charge in [-0.15, -0.1) is 12.4 Å². The van der Waals surface area contributed by atoms with Crippen molar-refractivity contribution in [2.45, 2.75) is 32.7 Å². The van der Waals surface area contributed by atoms with Gasteiger partial charge in [-0.05, 0) is 49.9 Å². The molecule has 1 saturated heterocycles. The molecule has 146 valence electrons. The highest BCUT2D eigenvalue weighted by molar-refractivity contribution is 5.85. The number of likely N-dealkylation sites (tertiary alicyclic amines) is 1. The molecular formula is C19H24ClN3O4. The Hall–Kier alpha value is -2.12. The minimum atomic E-state index is -0.664. The third-order valence-electron chi connectivity index (χ3n) is 5.62. The van der Waals surface area contributed by atoms with Crippen molar-refractivity contribution >= 4 is 18.4 Å². The molecule has 1 aromatic heterocycles. The number of fused-ring (bicyclic) bond motifs is 1. The number of carboxylic acids is 1. The van der Waals surface area contributed by atoms with E-state index in [4.69, 9.17) is 9.26 Å². The minimum Gasteiger partial charge on any atom is -0.494 e. The summed E-state index contributed by atoms with van der Waals surface area (Å²) in [6.45, 7) is 4.41. The lowest BCUT2D eigenvalue weighted by Crippen LogP contribution is -2.35. The maximum Gasteiger partial charge on any atom is 0.311 e. The Bertz CT molecular complexity index is 795. The molecule has 1 N–H and O–H groups in total. The van der Waals surface area contributed by atoms with Gasteiger partial charge in [0.2, 0.25) is 11.7 Å². The van der Waals surface area contributed by atoms with Crippen LogP contribution in [-0.2, 0) is 11.3 Å². The molecule has 7 nitrogen and oxygen atoms in total. The van der Waals surface area contributed by atoms with Crippen molar-refractivity contribution in [3.05, 3.63) is 30.2 Å². The van der Waals surface area contributed by atoms with Crippen LogP contribution in [0.1, 0.15) is 32.1 Å². The fourth-order valence-corrected chi connectivity index (χ4v) is 4.36. The number of hydrogen-bond donors (Lipinski definition) is 1. The monoisotopic (exact) mass is 393 g/mol. The van der Waals surface area contributed by atoms with Crippen LogP contribution in [0.2, 0.25) is 0 Å². The first-order valence-corrected chi connectivity index (χ1v) is 9.12. The topological polar surface area (TPSA) is 88.7 Å². The van der Waals surface area contributed by atoms with Gasteiger partial charge in [0.15, 0.2) is 0 Å². The lowest BCUT2D eigenvalue weighted by molar-refractivity contribution is -0.149. The highest BCUT2D eigenvalue weighted by Crippen LogP contribution is 2.49. The molecular weight excluding hydrogens is 370 g/mol. The number of nitrogens with zero attached hydrogens (tertiary/aromatic N) is 3. The largest absolute Gasteiger partial charge is 0.494 e. The standard InChI is InChI=1S/C19H23N3O4.ClH/c1-2-25-15-7-5-13(6-8-15)17-20-16(26-21-17)11-22-10-14-4-3-9-19(14,12-22)18(23)24;/h5-8,14H,2-4,9-12H2,1H3,(H,23,24);1H/t14-,19+;/m0./s1. The first-order valence-electron chi connectivity index (χ1n) is 9.12. The van der Waals surface area contributed by atoms with E-state index in [9.17, 15) is 9.90 Å². The molecule has 0 unspecified atom stereocenters. The molecule has 1 aromatic carbocycles. The van der Waals surface area contributed by atoms with Crippen molar-refractivity contribution in [1.29, 1.82) is 0 Å². The van der Waals surface area contributed by atoms with E-state index in [-0.39, 0.29) is 18.3 Å². The highest BCUT2D eigenvalue weighted by atomic mass is 35.5. The van der Waals surface area contributed by atoms with E-state index < -0.39 is 11.4 Å². The zero-order valence-corrected chi connectivity index (χ0v) is 16.1. The van der Waals surface area contributed by atoms with Crippen molar-refractivity contribution in [3.63, 3.8) is 0 Å². The fraction of sp³-hybridized carbons (Fsp3) is 0.526. The molecule has 2 aliphatic rings. The number of benzene rings is 1. The molecule has 8 heteroatoms. The Morgan fingerprint density at radius 1 is 1.41 bits per heavy atom. The fourth-order valence-electron chi connectivity index (χ4n) is 4.36. The first-order chi connectivity index (χ1) is 12.6. The molecule has 4 rings (SSSR count). The van der Waals surface area contributed by atoms with Crippen LogP contribution in [0.5, 0.6) is 5.75 Å². The van der Waals surface area contributed by atoms with Crippen molar-refractivity contribution in [2.75, 3.05) is 19.7 Å². The van der Waals surface area contributed by atoms with Crippen LogP contribution in [0.15, 0.2) is 28.8 Å². The second kappa shape index (κ2) is 7.86. The van der Waals surface area contributed by atoms with Crippen LogP contribution in [-0.4, -0.2) is 45.8 Å². The molecule has 27 heavy (non-hydrogen) atoms. The molecule has 0 spiro atoms. The summed E-state index contributed by atoms with van der Waals surface area (Å²) in [5, 5.41) is 13.7. The molecule has 2 fully saturated rings. The molecule has 2 atom stereocenters. The lowest BCUT2D eigenvalue weighted by atomic mass is 9.81. The van der Waals surface area contributed by atoms with Crippen LogP contribution in [0.3, 0.4) is 0 Å². The van der Waals surface area contributed by atoms with Gasteiger partial charge in [-0.1, -0.05) is 11.6 Å². The highest BCUT2D eigenvalue weighted by Gasteiger charge is 2.54. The second-order valence-electron chi connectivity index (χ2n) is 7.19. The van der Waals surface area contributed by atoms with Crippen LogP contribution < -0.4 is 4.74 Å². The first kappa shape index (κ1) is 19.6. The van der Waals surface area contributed by atoms with E-state index in [2.05, 4.69) is 15.0 Å². The Labute approximate surface area is 164 Å². The number of aliphatic carboxylic acids is 1. The van der Waals surface area contributed by atoms with Crippen LogP contribution in [0.25, 0.3) is 11.4 Å². The van der Waals surface area contributed by atoms with Crippen LogP contribution in [0.4, 0.5) is 0 Å². The second-order valence-corrected chi connectivity index (χ2v) is 7.19. The third kappa shape index (κ3) is 3.66. The van der Waals surface area contributed by atoms with E-state index in [0.29, 0.717) is 31.4 Å². The molecule has 2 aromatic rings. The van der Waals surface area contributed by atoms with E-state index in [1.165, 1.54) is 0 Å². The Morgan fingerprint density at radius 2 is 2.19 bits per heavy atom. The van der Waals surface area contributed by atoms with Crippen LogP contribution in [0, 0.1) is 11.3 Å². The summed E-state index contributed by atoms with van der Waals surface area (Å²) in [4.78, 5) is 18.4. The number of carboxylic acid groups (broad SMARTS) is 1. The summed E-state index contributed by atoms with van der Waals surface area (Å²) in [7, 11) is 0. The molecule has 0 bridgehead atoms. The molecule has 0 radical (unpaired) electrons. The van der Waals surface area contributed by atoms with Crippen molar-refractivity contribution in [2.24, 2.45) is 11.3 Å². The van der Waals surface area contributed by atoms with Gasteiger partial charge in [0.25, 0.3) is 0 Å². The lowest BCUT2D eigenvalue weighted by Gasteiger charge is -2.23. The zero-order valence-electron chi connectivity index (χ0n) is 15.3. The summed E-state index contributed by atoms with van der Waals surface area (Å²) in [5.74, 6) is 1.43. The number of ether oxygens (including phenoxy) is 1. The Morgan fingerprint density at radius 3 is 2.85 bits per heavy atom. The Kier molecular flexibility index (Phi) is 5.72. The van der Waals surface area contributed by atoms with Gasteiger partial charge >= 0.3 is 5.97 Å². The van der Waals surface area contributed by atoms with Crippen LogP contribution >= 0.6 is 12.4 Å². The quantitative estimate of drug-likeness (QED) is 0.805. The van der Waals surface area contributed by atoms with E-state index in [0.717, 1.165) is 37.1 Å². The average Bonchev–Trinajstić information content (AvgIpc) is 3.31. The zero-order chi connectivity index (χ0) is 18.1. The van der Waals surface area contributed by atoms with Gasteiger partial charge < -0.3 is 14.4 Å². The molecule has 1 aliphatic carbocycles. The smallest absolute Gasteiger partial charge is 0.311 e. The summed E-state index contributed by atoms with van der Waals surface area (Å²) in [6.07, 6.45) is 2.77. The maximum atomic E-state index is 11.8. The van der Waals surface area contributed by atoms with Gasteiger partial charge in [-0.25, -0.2) is 0 Å². The van der Waals surface area contributed by atoms with Crippen molar-refractivity contribution in [3.8, 4) is 17.1 Å². The van der Waals surface area contributed by atoms with Gasteiger partial charge in [-0.2, -0.15) is 4.98 Å². The van der Waals surface area contributed by atoms with Crippen molar-refractivity contribution in [1.82, 2.24) is 15.0 Å². The molecule has 2 heterocycles. The summed E-state index contributed by atoms with van der Waals surface area (Å²) >= 11 is 0. The van der Waals surface area contributed by atoms with Gasteiger partial charge in [-0.3, -0.25) is 9.69 Å². The summed E-state index contributed by atoms with van der Waals surface area (Å²) < 4.78 is 10.8. The molecule has 0 amide bonds. The number of aromatic nitrogens is 2.